The number of ether oxygens (including phenoxy) is 1. The first-order chi connectivity index (χ1) is 20.8. The van der Waals surface area contributed by atoms with Gasteiger partial charge in [0.15, 0.2) is 0 Å². The van der Waals surface area contributed by atoms with Crippen molar-refractivity contribution in [3.05, 3.63) is 154 Å². The first-order valence-electron chi connectivity index (χ1n) is 14.6. The average Bonchev–Trinajstić information content (AvgIpc) is 3.20. The van der Waals surface area contributed by atoms with Gasteiger partial charge < -0.3 is 9.64 Å². The smallest absolute Gasteiger partial charge is 0.270 e. The predicted molar refractivity (Wildman–Crippen MR) is 173 cm³/mol. The van der Waals surface area contributed by atoms with Crippen molar-refractivity contribution in [2.24, 2.45) is 0 Å². The maximum absolute atomic E-state index is 11.5. The summed E-state index contributed by atoms with van der Waals surface area (Å²) in [6.07, 6.45) is 4.07. The van der Waals surface area contributed by atoms with Gasteiger partial charge in [0.2, 0.25) is 5.72 Å². The number of nitro benzene ring substituents is 1. The quantitative estimate of drug-likeness (QED) is 0.158. The Kier molecular flexibility index (Phi) is 6.21. The lowest BCUT2D eigenvalue weighted by Crippen LogP contribution is -2.59. The molecule has 2 aliphatic heterocycles. The van der Waals surface area contributed by atoms with Gasteiger partial charge in [0.25, 0.3) is 5.69 Å². The summed E-state index contributed by atoms with van der Waals surface area (Å²) in [6.45, 7) is 6.94. The zero-order chi connectivity index (χ0) is 29.8. The van der Waals surface area contributed by atoms with Crippen molar-refractivity contribution in [1.82, 2.24) is 0 Å². The molecule has 2 heterocycles. The number of benzene rings is 5. The highest BCUT2D eigenvalue weighted by Crippen LogP contribution is 2.56. The molecular weight excluding hydrogens is 532 g/mol. The van der Waals surface area contributed by atoms with Crippen LogP contribution >= 0.6 is 0 Å². The van der Waals surface area contributed by atoms with E-state index < -0.39 is 11.1 Å². The number of nitrogens with zero attached hydrogens (tertiary/aromatic N) is 2. The van der Waals surface area contributed by atoms with Crippen LogP contribution in [0.5, 0.6) is 5.75 Å². The zero-order valence-electron chi connectivity index (χ0n) is 24.5. The van der Waals surface area contributed by atoms with Crippen LogP contribution in [0.1, 0.15) is 36.1 Å². The number of fused-ring (bicyclic) bond motifs is 2. The molecule has 0 aromatic heterocycles. The molecule has 5 nitrogen and oxygen atoms in total. The third-order valence-corrected chi connectivity index (χ3v) is 9.03. The predicted octanol–water partition coefficient (Wildman–Crippen LogP) is 9.34. The van der Waals surface area contributed by atoms with E-state index in [0.29, 0.717) is 12.3 Å². The van der Waals surface area contributed by atoms with E-state index in [9.17, 15) is 10.1 Å². The number of non-ortho nitro benzene ring substituents is 1. The summed E-state index contributed by atoms with van der Waals surface area (Å²) in [4.78, 5) is 13.5. The first kappa shape index (κ1) is 26.7. The van der Waals surface area contributed by atoms with E-state index in [1.54, 1.807) is 12.1 Å². The fourth-order valence-electron chi connectivity index (χ4n) is 6.64. The largest absolute Gasteiger partial charge is 0.462 e. The van der Waals surface area contributed by atoms with Crippen LogP contribution in [-0.2, 0) is 12.0 Å². The van der Waals surface area contributed by atoms with Crippen LogP contribution in [0.15, 0.2) is 121 Å². The Morgan fingerprint density at radius 3 is 2.00 bits per heavy atom. The minimum atomic E-state index is -0.809. The molecule has 0 amide bonds. The molecule has 43 heavy (non-hydrogen) atoms. The Hall–Kier alpha value is -5.16. The van der Waals surface area contributed by atoms with Crippen molar-refractivity contribution in [2.75, 3.05) is 4.90 Å². The second-order valence-corrected chi connectivity index (χ2v) is 11.9. The molecule has 1 unspecified atom stereocenters. The van der Waals surface area contributed by atoms with Crippen LogP contribution in [0, 0.1) is 17.0 Å². The lowest BCUT2D eigenvalue weighted by atomic mass is 9.76. The van der Waals surface area contributed by atoms with E-state index in [-0.39, 0.29) is 10.6 Å². The Morgan fingerprint density at radius 1 is 0.767 bits per heavy atom. The van der Waals surface area contributed by atoms with Crippen molar-refractivity contribution in [3.63, 3.8) is 0 Å². The van der Waals surface area contributed by atoms with Gasteiger partial charge in [0.05, 0.1) is 10.3 Å². The number of aryl methyl sites for hydroxylation is 1. The molecule has 5 aromatic rings. The standard InChI is InChI=1S/C38H32N2O3/c1-26-23-33(40(41)42)24-32-21-22-38(43-36(26)32)37(2,3)34-11-7-8-12-35(34)39(38)25-27-13-15-29(16-14-27)31-19-17-30(18-20-31)28-9-5-4-6-10-28/h4-24H,25H2,1-3H3. The van der Waals surface area contributed by atoms with Gasteiger partial charge in [-0.1, -0.05) is 97.1 Å². The Morgan fingerprint density at radius 2 is 1.35 bits per heavy atom. The van der Waals surface area contributed by atoms with Crippen LogP contribution in [0.25, 0.3) is 28.3 Å². The van der Waals surface area contributed by atoms with E-state index in [2.05, 4.69) is 122 Å². The van der Waals surface area contributed by atoms with E-state index in [4.69, 9.17) is 4.74 Å². The Bertz CT molecular complexity index is 1880. The molecule has 0 aliphatic carbocycles. The van der Waals surface area contributed by atoms with Gasteiger partial charge in [-0.25, -0.2) is 0 Å². The normalized spacial score (nSPS) is 17.8. The first-order valence-corrected chi connectivity index (χ1v) is 14.6. The molecule has 0 saturated carbocycles. The van der Waals surface area contributed by atoms with Crippen LogP contribution in [0.4, 0.5) is 11.4 Å². The summed E-state index contributed by atoms with van der Waals surface area (Å²) in [5.41, 5.74) is 8.60. The van der Waals surface area contributed by atoms with Crippen molar-refractivity contribution in [3.8, 4) is 28.0 Å². The molecule has 0 saturated heterocycles. The maximum atomic E-state index is 11.5. The summed E-state index contributed by atoms with van der Waals surface area (Å²) >= 11 is 0. The molecule has 7 rings (SSSR count). The second-order valence-electron chi connectivity index (χ2n) is 11.9. The third-order valence-electron chi connectivity index (χ3n) is 9.03. The van der Waals surface area contributed by atoms with Gasteiger partial charge in [-0.3, -0.25) is 10.1 Å². The molecular formula is C38H32N2O3. The number of nitro groups is 1. The second kappa shape index (κ2) is 9.99. The van der Waals surface area contributed by atoms with Gasteiger partial charge in [0.1, 0.15) is 5.75 Å². The fraction of sp³-hybridized carbons (Fsp3) is 0.158. The van der Waals surface area contributed by atoms with Crippen LogP contribution in [-0.4, -0.2) is 10.6 Å². The average molecular weight is 565 g/mol. The number of rotatable bonds is 5. The molecule has 0 radical (unpaired) electrons. The summed E-state index contributed by atoms with van der Waals surface area (Å²) < 4.78 is 6.99. The van der Waals surface area contributed by atoms with Gasteiger partial charge in [-0.05, 0) is 77.9 Å². The molecule has 5 heteroatoms. The van der Waals surface area contributed by atoms with E-state index in [0.717, 1.165) is 16.8 Å². The SMILES string of the molecule is Cc1cc([N+](=O)[O-])cc2c1OC1(C=C2)N(Cc2ccc(-c3ccc(-c4ccccc4)cc3)cc2)c2ccccc2C1(C)C. The fourth-order valence-corrected chi connectivity index (χ4v) is 6.64. The van der Waals surface area contributed by atoms with E-state index in [1.165, 1.54) is 33.4 Å². The molecule has 1 atom stereocenters. The highest BCUT2D eigenvalue weighted by atomic mass is 16.6. The highest BCUT2D eigenvalue weighted by Gasteiger charge is 2.58. The van der Waals surface area contributed by atoms with Crippen LogP contribution in [0.3, 0.4) is 0 Å². The van der Waals surface area contributed by atoms with Crippen molar-refractivity contribution in [1.29, 1.82) is 0 Å². The van der Waals surface area contributed by atoms with Crippen LogP contribution < -0.4 is 9.64 Å². The zero-order valence-corrected chi connectivity index (χ0v) is 24.5. The van der Waals surface area contributed by atoms with Crippen molar-refractivity contribution in [2.45, 2.75) is 38.5 Å². The Labute approximate surface area is 251 Å². The molecule has 212 valence electrons. The summed E-state index contributed by atoms with van der Waals surface area (Å²) in [5, 5.41) is 11.5. The van der Waals surface area contributed by atoms with Gasteiger partial charge >= 0.3 is 0 Å². The number of anilines is 1. The Balaban J connectivity index is 1.22. The molecule has 0 N–H and O–H groups in total. The molecule has 2 aliphatic rings. The monoisotopic (exact) mass is 564 g/mol. The van der Waals surface area contributed by atoms with Gasteiger partial charge in [0, 0.05) is 29.9 Å². The summed E-state index contributed by atoms with van der Waals surface area (Å²) in [7, 11) is 0. The van der Waals surface area contributed by atoms with Crippen LogP contribution in [0.2, 0.25) is 0 Å². The topological polar surface area (TPSA) is 55.6 Å². The molecule has 1 spiro atoms. The van der Waals surface area contributed by atoms with Gasteiger partial charge in [-0.2, -0.15) is 0 Å². The minimum absolute atomic E-state index is 0.0704. The van der Waals surface area contributed by atoms with E-state index >= 15 is 0 Å². The maximum Gasteiger partial charge on any atom is 0.270 e. The molecule has 0 fully saturated rings. The molecule has 5 aromatic carbocycles. The lowest BCUT2D eigenvalue weighted by molar-refractivity contribution is -0.384. The third kappa shape index (κ3) is 4.31. The summed E-state index contributed by atoms with van der Waals surface area (Å²) in [6, 6.07) is 39.5. The van der Waals surface area contributed by atoms with Crippen molar-refractivity contribution < 1.29 is 9.66 Å². The summed E-state index contributed by atoms with van der Waals surface area (Å²) in [5.74, 6) is 0.688. The van der Waals surface area contributed by atoms with E-state index in [1.807, 2.05) is 19.1 Å². The van der Waals surface area contributed by atoms with Crippen molar-refractivity contribution >= 4 is 17.5 Å². The number of para-hydroxylation sites is 1. The lowest BCUT2D eigenvalue weighted by Gasteiger charge is -2.47. The number of hydrogen-bond donors (Lipinski definition) is 0. The molecule has 0 bridgehead atoms. The minimum Gasteiger partial charge on any atom is -0.462 e. The van der Waals surface area contributed by atoms with Gasteiger partial charge in [-0.15, -0.1) is 0 Å². The number of hydrogen-bond acceptors (Lipinski definition) is 4. The highest BCUT2D eigenvalue weighted by molar-refractivity contribution is 5.75.